The minimum atomic E-state index is -0.568. The number of carbonyl (C=O) groups excluding carboxylic acids is 2. The van der Waals surface area contributed by atoms with Crippen molar-refractivity contribution >= 4 is 23.3 Å². The zero-order valence-electron chi connectivity index (χ0n) is 22.5. The molecule has 5 rings (SSSR count). The summed E-state index contributed by atoms with van der Waals surface area (Å²) in [6.07, 6.45) is 4.06. The lowest BCUT2D eigenvalue weighted by molar-refractivity contribution is -0.111. The molecule has 0 saturated carbocycles. The molecule has 1 aromatic heterocycles. The first-order valence-corrected chi connectivity index (χ1v) is 13.1. The number of nitrogens with two attached hydrogens (primary N) is 1. The second-order valence-electron chi connectivity index (χ2n) is 9.79. The average molecular weight is 537 g/mol. The highest BCUT2D eigenvalue weighted by Crippen LogP contribution is 2.39. The number of hydrogen-bond acceptors (Lipinski definition) is 6. The molecule has 0 radical (unpaired) electrons. The van der Waals surface area contributed by atoms with Crippen LogP contribution in [0.25, 0.3) is 11.3 Å². The Morgan fingerprint density at radius 1 is 1.05 bits per heavy atom. The van der Waals surface area contributed by atoms with Crippen LogP contribution in [0, 0.1) is 0 Å². The van der Waals surface area contributed by atoms with E-state index in [4.69, 9.17) is 15.6 Å². The highest BCUT2D eigenvalue weighted by atomic mass is 16.5. The fourth-order valence-electron chi connectivity index (χ4n) is 4.75. The molecule has 1 aliphatic rings. The predicted molar refractivity (Wildman–Crippen MR) is 157 cm³/mol. The Balaban J connectivity index is 1.46. The third-order valence-corrected chi connectivity index (χ3v) is 6.59. The summed E-state index contributed by atoms with van der Waals surface area (Å²) >= 11 is 0. The molecule has 1 aliphatic heterocycles. The van der Waals surface area contributed by atoms with E-state index in [1.807, 2.05) is 104 Å². The third-order valence-electron chi connectivity index (χ3n) is 6.59. The van der Waals surface area contributed by atoms with E-state index >= 15 is 0 Å². The van der Waals surface area contributed by atoms with Crippen molar-refractivity contribution in [2.45, 2.75) is 12.5 Å². The van der Waals surface area contributed by atoms with Gasteiger partial charge in [-0.25, -0.2) is 4.68 Å². The second kappa shape index (κ2) is 11.9. The summed E-state index contributed by atoms with van der Waals surface area (Å²) in [5, 5.41) is 11.2. The number of aromatic nitrogens is 2. The van der Waals surface area contributed by atoms with Crippen molar-refractivity contribution < 1.29 is 14.3 Å². The Bertz CT molecular complexity index is 1530. The van der Waals surface area contributed by atoms with Gasteiger partial charge in [-0.05, 0) is 63.0 Å². The third kappa shape index (κ3) is 5.89. The van der Waals surface area contributed by atoms with Crippen LogP contribution in [0.15, 0.2) is 91.0 Å². The van der Waals surface area contributed by atoms with Crippen molar-refractivity contribution in [3.63, 3.8) is 0 Å². The Kier molecular flexibility index (Phi) is 7.93. The van der Waals surface area contributed by atoms with E-state index in [9.17, 15) is 9.59 Å². The molecule has 1 unspecified atom stereocenters. The number of primary amides is 1. The standard InChI is InChI=1S/C31H32N6O3/c1-36(2)20-8-13-27(38)34-25-12-7-6-11-24(25)26-18-19-33-31-28(30(32)39)29(35-37(26)31)21-14-16-23(17-15-21)40-22-9-4-3-5-10-22/h3-17,26,33H,18-20H2,1-2H3,(H2,32,39)(H,34,38). The summed E-state index contributed by atoms with van der Waals surface area (Å²) in [5.41, 5.74) is 9.02. The van der Waals surface area contributed by atoms with Crippen molar-refractivity contribution in [2.75, 3.05) is 37.8 Å². The SMILES string of the molecule is CN(C)CC=CC(=O)Nc1ccccc1C1CCNc2c(C(N)=O)c(-c3ccc(Oc4ccccc4)cc3)nn21. The fourth-order valence-corrected chi connectivity index (χ4v) is 4.75. The molecule has 0 bridgehead atoms. The van der Waals surface area contributed by atoms with Crippen LogP contribution in [0.3, 0.4) is 0 Å². The fraction of sp³-hybridized carbons (Fsp3) is 0.194. The second-order valence-corrected chi connectivity index (χ2v) is 9.79. The van der Waals surface area contributed by atoms with Gasteiger partial charge < -0.3 is 26.0 Å². The van der Waals surface area contributed by atoms with Crippen LogP contribution in [0.5, 0.6) is 11.5 Å². The number of likely N-dealkylation sites (N-methyl/N-ethyl adjacent to an activating group) is 1. The molecular weight excluding hydrogens is 504 g/mol. The number of hydrogen-bond donors (Lipinski definition) is 3. The first kappa shape index (κ1) is 26.7. The normalized spacial score (nSPS) is 14.5. The Morgan fingerprint density at radius 3 is 2.48 bits per heavy atom. The molecule has 2 amide bonds. The molecule has 0 fully saturated rings. The number of rotatable bonds is 9. The van der Waals surface area contributed by atoms with Gasteiger partial charge in [-0.2, -0.15) is 5.10 Å². The lowest BCUT2D eigenvalue weighted by Gasteiger charge is -2.28. The number of para-hydroxylation sites is 2. The van der Waals surface area contributed by atoms with Crippen LogP contribution in [0.2, 0.25) is 0 Å². The average Bonchev–Trinajstić information content (AvgIpc) is 3.34. The highest BCUT2D eigenvalue weighted by molar-refractivity contribution is 6.04. The smallest absolute Gasteiger partial charge is 0.254 e. The summed E-state index contributed by atoms with van der Waals surface area (Å²) in [5.74, 6) is 1.19. The molecule has 1 atom stereocenters. The Morgan fingerprint density at radius 2 is 1.75 bits per heavy atom. The highest BCUT2D eigenvalue weighted by Gasteiger charge is 2.31. The molecule has 0 saturated heterocycles. The van der Waals surface area contributed by atoms with Gasteiger partial charge in [0.05, 0.1) is 6.04 Å². The molecule has 0 aliphatic carbocycles. The van der Waals surface area contributed by atoms with Gasteiger partial charge >= 0.3 is 0 Å². The van der Waals surface area contributed by atoms with Crippen molar-refractivity contribution in [3.8, 4) is 22.8 Å². The van der Waals surface area contributed by atoms with Crippen LogP contribution in [0.1, 0.15) is 28.4 Å². The van der Waals surface area contributed by atoms with Crippen LogP contribution < -0.4 is 21.1 Å². The van der Waals surface area contributed by atoms with Crippen molar-refractivity contribution in [1.82, 2.24) is 14.7 Å². The molecule has 4 aromatic rings. The number of nitrogens with one attached hydrogen (secondary N) is 2. The Hall–Kier alpha value is -4.89. The van der Waals surface area contributed by atoms with Crippen LogP contribution >= 0.6 is 0 Å². The molecule has 204 valence electrons. The minimum Gasteiger partial charge on any atom is -0.457 e. The topological polar surface area (TPSA) is 115 Å². The maximum absolute atomic E-state index is 12.7. The monoisotopic (exact) mass is 536 g/mol. The summed E-state index contributed by atoms with van der Waals surface area (Å²) in [6.45, 7) is 1.28. The Labute approximate surface area is 233 Å². The molecule has 9 nitrogen and oxygen atoms in total. The van der Waals surface area contributed by atoms with Crippen LogP contribution in [-0.4, -0.2) is 53.7 Å². The molecule has 3 aromatic carbocycles. The molecule has 0 spiro atoms. The van der Waals surface area contributed by atoms with E-state index < -0.39 is 5.91 Å². The van der Waals surface area contributed by atoms with Crippen molar-refractivity contribution in [1.29, 1.82) is 0 Å². The minimum absolute atomic E-state index is 0.208. The lowest BCUT2D eigenvalue weighted by atomic mass is 9.99. The summed E-state index contributed by atoms with van der Waals surface area (Å²) in [6, 6.07) is 24.4. The zero-order valence-corrected chi connectivity index (χ0v) is 22.5. The molecule has 4 N–H and O–H groups in total. The summed E-state index contributed by atoms with van der Waals surface area (Å²) in [4.78, 5) is 27.3. The number of anilines is 2. The number of fused-ring (bicyclic) bond motifs is 1. The van der Waals surface area contributed by atoms with Gasteiger partial charge in [0, 0.05) is 36.0 Å². The number of ether oxygens (including phenoxy) is 1. The van der Waals surface area contributed by atoms with Gasteiger partial charge in [-0.15, -0.1) is 0 Å². The van der Waals surface area contributed by atoms with E-state index in [1.54, 1.807) is 4.68 Å². The maximum Gasteiger partial charge on any atom is 0.254 e. The summed E-state index contributed by atoms with van der Waals surface area (Å²) in [7, 11) is 3.88. The predicted octanol–water partition coefficient (Wildman–Crippen LogP) is 4.90. The molecule has 2 heterocycles. The summed E-state index contributed by atoms with van der Waals surface area (Å²) < 4.78 is 7.72. The molecule has 40 heavy (non-hydrogen) atoms. The quantitative estimate of drug-likeness (QED) is 0.262. The van der Waals surface area contributed by atoms with Gasteiger partial charge in [0.2, 0.25) is 5.91 Å². The van der Waals surface area contributed by atoms with E-state index in [0.717, 1.165) is 16.9 Å². The van der Waals surface area contributed by atoms with Crippen molar-refractivity contribution in [2.24, 2.45) is 5.73 Å². The van der Waals surface area contributed by atoms with Gasteiger partial charge in [0.15, 0.2) is 0 Å². The number of carbonyl (C=O) groups is 2. The van der Waals surface area contributed by atoms with Crippen molar-refractivity contribution in [3.05, 3.63) is 102 Å². The van der Waals surface area contributed by atoms with E-state index in [-0.39, 0.29) is 11.9 Å². The number of nitrogens with zero attached hydrogens (tertiary/aromatic N) is 3. The van der Waals surface area contributed by atoms with E-state index in [2.05, 4.69) is 10.6 Å². The largest absolute Gasteiger partial charge is 0.457 e. The first-order chi connectivity index (χ1) is 19.4. The lowest BCUT2D eigenvalue weighted by Crippen LogP contribution is -2.27. The van der Waals surface area contributed by atoms with Crippen LogP contribution in [0.4, 0.5) is 11.5 Å². The van der Waals surface area contributed by atoms with E-state index in [1.165, 1.54) is 6.08 Å². The first-order valence-electron chi connectivity index (χ1n) is 13.1. The zero-order chi connectivity index (χ0) is 28.1. The number of benzene rings is 3. The van der Waals surface area contributed by atoms with Gasteiger partial charge in [0.25, 0.3) is 5.91 Å². The van der Waals surface area contributed by atoms with Gasteiger partial charge in [-0.1, -0.05) is 42.5 Å². The van der Waals surface area contributed by atoms with Gasteiger partial charge in [-0.3, -0.25) is 9.59 Å². The van der Waals surface area contributed by atoms with Gasteiger partial charge in [0.1, 0.15) is 28.6 Å². The molecule has 9 heteroatoms. The number of amides is 2. The maximum atomic E-state index is 12.7. The van der Waals surface area contributed by atoms with E-state index in [0.29, 0.717) is 48.0 Å². The molecular formula is C31H32N6O3. The van der Waals surface area contributed by atoms with Crippen LogP contribution in [-0.2, 0) is 4.79 Å².